The molecule has 1 amide bonds. The van der Waals surface area contributed by atoms with E-state index in [0.717, 1.165) is 5.82 Å². The van der Waals surface area contributed by atoms with E-state index in [1.165, 1.54) is 15.6 Å². The summed E-state index contributed by atoms with van der Waals surface area (Å²) in [6.45, 7) is 1.21. The summed E-state index contributed by atoms with van der Waals surface area (Å²) in [6, 6.07) is 3.34. The van der Waals surface area contributed by atoms with Gasteiger partial charge in [-0.05, 0) is 36.5 Å². The Morgan fingerprint density at radius 2 is 2.19 bits per heavy atom. The summed E-state index contributed by atoms with van der Waals surface area (Å²) < 4.78 is 29.2. The van der Waals surface area contributed by atoms with Gasteiger partial charge in [-0.1, -0.05) is 6.07 Å². The molecule has 2 N–H and O–H groups in total. The molecule has 0 bridgehead atoms. The Kier molecular flexibility index (Phi) is 5.90. The first-order chi connectivity index (χ1) is 12.4. The van der Waals surface area contributed by atoms with Gasteiger partial charge < -0.3 is 9.88 Å². The van der Waals surface area contributed by atoms with Crippen LogP contribution in [0.5, 0.6) is 0 Å². The van der Waals surface area contributed by atoms with Crippen LogP contribution in [0.4, 0.5) is 0 Å². The zero-order valence-electron chi connectivity index (χ0n) is 14.3. The van der Waals surface area contributed by atoms with E-state index in [1.807, 2.05) is 7.05 Å². The van der Waals surface area contributed by atoms with Crippen LogP contribution in [0.3, 0.4) is 0 Å². The van der Waals surface area contributed by atoms with Crippen LogP contribution in [-0.2, 0) is 28.3 Å². The molecule has 0 spiro atoms. The van der Waals surface area contributed by atoms with Gasteiger partial charge in [0.2, 0.25) is 5.91 Å². The molecule has 1 fully saturated rings. The maximum absolute atomic E-state index is 12.5. The van der Waals surface area contributed by atoms with E-state index in [4.69, 9.17) is 12.2 Å². The highest BCUT2D eigenvalue weighted by Gasteiger charge is 2.32. The van der Waals surface area contributed by atoms with Gasteiger partial charge in [-0.15, -0.1) is 11.3 Å². The fourth-order valence-electron chi connectivity index (χ4n) is 2.94. The van der Waals surface area contributed by atoms with Crippen molar-refractivity contribution in [3.05, 3.63) is 28.1 Å². The average Bonchev–Trinajstić information content (AvgIpc) is 3.28. The first kappa shape index (κ1) is 19.2. The number of hydrogen-bond donors (Lipinski definition) is 2. The average molecular weight is 416 g/mol. The van der Waals surface area contributed by atoms with Crippen LogP contribution in [0.1, 0.15) is 18.7 Å². The molecular formula is C15H21N5O3S3. The van der Waals surface area contributed by atoms with Crippen molar-refractivity contribution in [2.75, 3.05) is 19.6 Å². The summed E-state index contributed by atoms with van der Waals surface area (Å²) in [5.41, 5.74) is 0. The Balaban J connectivity index is 1.48. The molecule has 0 radical (unpaired) electrons. The molecule has 3 rings (SSSR count). The van der Waals surface area contributed by atoms with Crippen LogP contribution >= 0.6 is 23.6 Å². The van der Waals surface area contributed by atoms with Crippen molar-refractivity contribution in [3.8, 4) is 0 Å². The number of rotatable bonds is 6. The van der Waals surface area contributed by atoms with E-state index >= 15 is 0 Å². The molecule has 11 heteroatoms. The maximum atomic E-state index is 12.5. The van der Waals surface area contributed by atoms with Crippen molar-refractivity contribution < 1.29 is 13.2 Å². The van der Waals surface area contributed by atoms with Crippen molar-refractivity contribution >= 4 is 39.5 Å². The zero-order chi connectivity index (χ0) is 18.7. The van der Waals surface area contributed by atoms with Crippen molar-refractivity contribution in [3.63, 3.8) is 0 Å². The second-order valence-electron chi connectivity index (χ2n) is 6.16. The lowest BCUT2D eigenvalue weighted by atomic mass is 9.97. The second-order valence-corrected chi connectivity index (χ2v) is 9.65. The number of thiophene rings is 1. The summed E-state index contributed by atoms with van der Waals surface area (Å²) in [4.78, 5) is 12.3. The third-order valence-corrected chi connectivity index (χ3v) is 8.17. The Hall–Kier alpha value is -1.56. The Morgan fingerprint density at radius 3 is 2.77 bits per heavy atom. The lowest BCUT2D eigenvalue weighted by Crippen LogP contribution is -2.43. The standard InChI is InChI=1S/C15H21N5O3S3/c1-19-12(17-18-15(19)24)4-7-16-14(21)11-5-8-20(9-6-11)26(22,23)13-3-2-10-25-13/h2-3,10-11H,4-9H2,1H3,(H,16,21)(H,18,24). The lowest BCUT2D eigenvalue weighted by molar-refractivity contribution is -0.126. The number of carbonyl (C=O) groups excluding carboxylic acids is 1. The monoisotopic (exact) mass is 415 g/mol. The zero-order valence-corrected chi connectivity index (χ0v) is 16.8. The highest BCUT2D eigenvalue weighted by atomic mass is 32.2. The third-order valence-electron chi connectivity index (χ3n) is 4.53. The molecule has 0 aliphatic carbocycles. The Labute approximate surface area is 161 Å². The minimum absolute atomic E-state index is 0.0324. The number of carbonyl (C=O) groups is 1. The lowest BCUT2D eigenvalue weighted by Gasteiger charge is -2.30. The molecule has 2 aromatic heterocycles. The van der Waals surface area contributed by atoms with Crippen molar-refractivity contribution in [1.82, 2.24) is 24.4 Å². The highest BCUT2D eigenvalue weighted by molar-refractivity contribution is 7.91. The van der Waals surface area contributed by atoms with Crippen LogP contribution in [-0.4, -0.2) is 53.0 Å². The van der Waals surface area contributed by atoms with Gasteiger partial charge in [0.1, 0.15) is 10.0 Å². The second kappa shape index (κ2) is 7.99. The minimum Gasteiger partial charge on any atom is -0.355 e. The van der Waals surface area contributed by atoms with Crippen LogP contribution in [0.2, 0.25) is 0 Å². The van der Waals surface area contributed by atoms with Gasteiger partial charge in [-0.3, -0.25) is 9.89 Å². The van der Waals surface area contributed by atoms with Crippen molar-refractivity contribution in [2.45, 2.75) is 23.5 Å². The van der Waals surface area contributed by atoms with Gasteiger partial charge in [0.15, 0.2) is 4.77 Å². The van der Waals surface area contributed by atoms with Gasteiger partial charge in [0.05, 0.1) is 0 Å². The number of amides is 1. The molecule has 0 aromatic carbocycles. The van der Waals surface area contributed by atoms with Crippen LogP contribution in [0, 0.1) is 10.7 Å². The molecule has 3 heterocycles. The molecule has 1 aliphatic rings. The largest absolute Gasteiger partial charge is 0.355 e. The normalized spacial score (nSPS) is 16.7. The first-order valence-electron chi connectivity index (χ1n) is 8.31. The topological polar surface area (TPSA) is 100 Å². The molecule has 1 saturated heterocycles. The molecule has 1 aliphatic heterocycles. The molecule has 0 atom stereocenters. The summed E-state index contributed by atoms with van der Waals surface area (Å²) in [5.74, 6) is 0.592. The molecule has 26 heavy (non-hydrogen) atoms. The number of aromatic nitrogens is 3. The van der Waals surface area contributed by atoms with Gasteiger partial charge in [0, 0.05) is 39.0 Å². The van der Waals surface area contributed by atoms with Gasteiger partial charge in [-0.2, -0.15) is 9.40 Å². The molecule has 2 aromatic rings. The first-order valence-corrected chi connectivity index (χ1v) is 11.0. The predicted molar refractivity (Wildman–Crippen MR) is 101 cm³/mol. The Morgan fingerprint density at radius 1 is 1.46 bits per heavy atom. The highest BCUT2D eigenvalue weighted by Crippen LogP contribution is 2.26. The number of H-pyrrole nitrogens is 1. The summed E-state index contributed by atoms with van der Waals surface area (Å²) in [7, 11) is -1.60. The van der Waals surface area contributed by atoms with E-state index in [2.05, 4.69) is 15.5 Å². The maximum Gasteiger partial charge on any atom is 0.252 e. The van der Waals surface area contributed by atoms with E-state index in [0.29, 0.717) is 47.9 Å². The summed E-state index contributed by atoms with van der Waals surface area (Å²) in [5, 5.41) is 11.5. The van der Waals surface area contributed by atoms with E-state index in [9.17, 15) is 13.2 Å². The molecule has 0 saturated carbocycles. The third kappa shape index (κ3) is 4.05. The minimum atomic E-state index is -3.43. The van der Waals surface area contributed by atoms with Crippen LogP contribution < -0.4 is 5.32 Å². The summed E-state index contributed by atoms with van der Waals surface area (Å²) >= 11 is 6.27. The fraction of sp³-hybridized carbons (Fsp3) is 0.533. The number of hydrogen-bond acceptors (Lipinski definition) is 6. The van der Waals surface area contributed by atoms with Crippen LogP contribution in [0.25, 0.3) is 0 Å². The van der Waals surface area contributed by atoms with Gasteiger partial charge >= 0.3 is 0 Å². The van der Waals surface area contributed by atoms with Gasteiger partial charge in [0.25, 0.3) is 10.0 Å². The van der Waals surface area contributed by atoms with Crippen molar-refractivity contribution in [2.24, 2.45) is 13.0 Å². The predicted octanol–water partition coefficient (Wildman–Crippen LogP) is 1.30. The van der Waals surface area contributed by atoms with Crippen molar-refractivity contribution in [1.29, 1.82) is 0 Å². The molecule has 142 valence electrons. The SMILES string of the molecule is Cn1c(CCNC(=O)C2CCN(S(=O)(=O)c3cccs3)CC2)n[nH]c1=S. The van der Waals surface area contributed by atoms with Crippen LogP contribution in [0.15, 0.2) is 21.7 Å². The Bertz CT molecular complexity index is 909. The van der Waals surface area contributed by atoms with E-state index in [-0.39, 0.29) is 11.8 Å². The number of sulfonamides is 1. The number of nitrogens with zero attached hydrogens (tertiary/aromatic N) is 3. The molecular weight excluding hydrogens is 394 g/mol. The fourth-order valence-corrected chi connectivity index (χ4v) is 5.71. The number of piperidine rings is 1. The smallest absolute Gasteiger partial charge is 0.252 e. The number of nitrogens with one attached hydrogen (secondary N) is 2. The van der Waals surface area contributed by atoms with E-state index in [1.54, 1.807) is 22.1 Å². The molecule has 0 unspecified atom stereocenters. The number of aromatic amines is 1. The molecule has 8 nitrogen and oxygen atoms in total. The summed E-state index contributed by atoms with van der Waals surface area (Å²) in [6.07, 6.45) is 1.65. The van der Waals surface area contributed by atoms with Gasteiger partial charge in [-0.25, -0.2) is 8.42 Å². The van der Waals surface area contributed by atoms with E-state index < -0.39 is 10.0 Å². The quantitative estimate of drug-likeness (QED) is 0.693.